The molecule has 0 spiro atoms. The van der Waals surface area contributed by atoms with E-state index in [4.69, 9.17) is 16.3 Å². The molecule has 1 fully saturated rings. The van der Waals surface area contributed by atoms with Crippen molar-refractivity contribution in [1.82, 2.24) is 25.8 Å². The van der Waals surface area contributed by atoms with Crippen molar-refractivity contribution >= 4 is 35.2 Å². The number of amides is 2. The molecule has 1 aliphatic carbocycles. The highest BCUT2D eigenvalue weighted by atomic mass is 35.5. The molecule has 0 radical (unpaired) electrons. The van der Waals surface area contributed by atoms with Gasteiger partial charge in [-0.25, -0.2) is 14.2 Å². The van der Waals surface area contributed by atoms with E-state index in [1.807, 2.05) is 6.07 Å². The third kappa shape index (κ3) is 5.07. The number of pyridine rings is 1. The quantitative estimate of drug-likeness (QED) is 0.392. The van der Waals surface area contributed by atoms with Crippen LogP contribution < -0.4 is 16.0 Å². The van der Waals surface area contributed by atoms with E-state index >= 15 is 0 Å². The number of anilines is 2. The van der Waals surface area contributed by atoms with Gasteiger partial charge in [0.15, 0.2) is 5.82 Å². The Labute approximate surface area is 205 Å². The van der Waals surface area contributed by atoms with Gasteiger partial charge in [0.25, 0.3) is 5.91 Å². The number of halogens is 2. The molecule has 2 aromatic heterocycles. The van der Waals surface area contributed by atoms with Crippen molar-refractivity contribution in [2.45, 2.75) is 37.7 Å². The highest BCUT2D eigenvalue weighted by Crippen LogP contribution is 2.36. The van der Waals surface area contributed by atoms with Gasteiger partial charge in [-0.1, -0.05) is 23.7 Å². The van der Waals surface area contributed by atoms with Crippen LogP contribution in [0.15, 0.2) is 36.4 Å². The first-order valence-corrected chi connectivity index (χ1v) is 11.9. The molecule has 11 heteroatoms. The average Bonchev–Trinajstić information content (AvgIpc) is 3.50. The second-order valence-corrected chi connectivity index (χ2v) is 8.98. The Kier molecular flexibility index (Phi) is 6.54. The van der Waals surface area contributed by atoms with E-state index < -0.39 is 17.8 Å². The minimum Gasteiger partial charge on any atom is -0.446 e. The second-order valence-electron chi connectivity index (χ2n) is 8.60. The molecule has 0 saturated heterocycles. The number of nitrogens with zero attached hydrogens (tertiary/aromatic N) is 2. The first-order valence-electron chi connectivity index (χ1n) is 11.5. The van der Waals surface area contributed by atoms with E-state index in [-0.39, 0.29) is 22.7 Å². The van der Waals surface area contributed by atoms with E-state index in [0.717, 1.165) is 25.0 Å². The molecule has 182 valence electrons. The molecule has 3 aromatic rings. The van der Waals surface area contributed by atoms with Crippen molar-refractivity contribution in [3.8, 4) is 11.1 Å². The Morgan fingerprint density at radius 2 is 1.89 bits per heavy atom. The Bertz CT molecular complexity index is 1270. The molecular weight excluding hydrogens is 475 g/mol. The number of hydrogen-bond acceptors (Lipinski definition) is 6. The number of carbonyl (C=O) groups excluding carboxylic acids is 2. The molecule has 1 aliphatic heterocycles. The number of aromatic amines is 1. The number of aromatic nitrogens is 3. The zero-order valence-electron chi connectivity index (χ0n) is 18.7. The van der Waals surface area contributed by atoms with Crippen LogP contribution in [0.1, 0.15) is 47.8 Å². The standard InChI is InChI=1S/C24H24ClFN6O3/c25-21-15(3-1-4-17(21)26)16-7-8-19-29-20-12-18(31-32-20)13-5-6-14(11-13)35-24(34)28-10-2-9-27-23(33)22(16)30-19/h1,3-4,7-8,12-14H,2,5-6,9-11H2,(H,27,33)(H,28,34)(H2,29,30,31,32)/t13-,14+/m0/s1. The molecule has 3 heterocycles. The highest BCUT2D eigenvalue weighted by molar-refractivity contribution is 6.33. The summed E-state index contributed by atoms with van der Waals surface area (Å²) in [6.45, 7) is 0.639. The maximum atomic E-state index is 14.1. The van der Waals surface area contributed by atoms with Crippen LogP contribution in [0.4, 0.5) is 20.8 Å². The number of benzene rings is 1. The van der Waals surface area contributed by atoms with Crippen LogP contribution in [-0.2, 0) is 4.74 Å². The number of hydrogen-bond donors (Lipinski definition) is 4. The second kappa shape index (κ2) is 9.91. The highest BCUT2D eigenvalue weighted by Gasteiger charge is 2.30. The van der Waals surface area contributed by atoms with Gasteiger partial charge in [-0.15, -0.1) is 0 Å². The van der Waals surface area contributed by atoms with Gasteiger partial charge in [0, 0.05) is 41.9 Å². The first-order chi connectivity index (χ1) is 17.0. The Balaban J connectivity index is 1.49. The van der Waals surface area contributed by atoms with Crippen LogP contribution in [0.25, 0.3) is 11.1 Å². The number of nitrogens with one attached hydrogen (secondary N) is 4. The van der Waals surface area contributed by atoms with Crippen molar-refractivity contribution in [3.63, 3.8) is 0 Å². The Morgan fingerprint density at radius 1 is 1.03 bits per heavy atom. The Morgan fingerprint density at radius 3 is 2.77 bits per heavy atom. The summed E-state index contributed by atoms with van der Waals surface area (Å²) in [5.41, 5.74) is 1.78. The van der Waals surface area contributed by atoms with E-state index in [0.29, 0.717) is 42.3 Å². The lowest BCUT2D eigenvalue weighted by atomic mass is 10.0. The fraction of sp³-hybridized carbons (Fsp3) is 0.333. The summed E-state index contributed by atoms with van der Waals surface area (Å²) in [6.07, 6.45) is 2.26. The molecule has 2 atom stereocenters. The maximum absolute atomic E-state index is 14.1. The number of carbonyl (C=O) groups is 2. The molecule has 1 aromatic carbocycles. The zero-order valence-corrected chi connectivity index (χ0v) is 19.5. The van der Waals surface area contributed by atoms with Crippen LogP contribution >= 0.6 is 11.6 Å². The van der Waals surface area contributed by atoms with Crippen LogP contribution in [0, 0.1) is 5.82 Å². The lowest BCUT2D eigenvalue weighted by Gasteiger charge is -2.14. The van der Waals surface area contributed by atoms with E-state index in [1.54, 1.807) is 18.2 Å². The molecule has 0 unspecified atom stereocenters. The van der Waals surface area contributed by atoms with E-state index in [9.17, 15) is 14.0 Å². The fourth-order valence-electron chi connectivity index (χ4n) is 4.46. The van der Waals surface area contributed by atoms with Crippen molar-refractivity contribution in [2.75, 3.05) is 18.4 Å². The summed E-state index contributed by atoms with van der Waals surface area (Å²) in [5.74, 6) is 0.106. The van der Waals surface area contributed by atoms with Gasteiger partial charge in [-0.05, 0) is 43.9 Å². The number of H-pyrrole nitrogens is 1. The molecule has 6 bridgehead atoms. The molecule has 2 aliphatic rings. The van der Waals surface area contributed by atoms with Crippen LogP contribution in [0.2, 0.25) is 5.02 Å². The lowest BCUT2D eigenvalue weighted by molar-refractivity contribution is 0.0948. The van der Waals surface area contributed by atoms with Crippen molar-refractivity contribution in [2.24, 2.45) is 0 Å². The summed E-state index contributed by atoms with van der Waals surface area (Å²) in [5, 5.41) is 15.9. The number of ether oxygens (including phenoxy) is 1. The number of fused-ring (bicyclic) bond motifs is 7. The summed E-state index contributed by atoms with van der Waals surface area (Å²) in [4.78, 5) is 29.7. The predicted molar refractivity (Wildman–Crippen MR) is 128 cm³/mol. The van der Waals surface area contributed by atoms with Gasteiger partial charge >= 0.3 is 6.09 Å². The maximum Gasteiger partial charge on any atom is 0.407 e. The van der Waals surface area contributed by atoms with E-state index in [1.165, 1.54) is 12.1 Å². The summed E-state index contributed by atoms with van der Waals surface area (Å²) in [7, 11) is 0. The molecular formula is C24H24ClFN6O3. The van der Waals surface area contributed by atoms with Crippen LogP contribution in [0.3, 0.4) is 0 Å². The summed E-state index contributed by atoms with van der Waals surface area (Å²) >= 11 is 6.20. The fourth-order valence-corrected chi connectivity index (χ4v) is 4.69. The van der Waals surface area contributed by atoms with Gasteiger partial charge in [0.1, 0.15) is 23.4 Å². The largest absolute Gasteiger partial charge is 0.446 e. The third-order valence-electron chi connectivity index (χ3n) is 6.21. The minimum atomic E-state index is -0.588. The SMILES string of the molecule is O=C1NCCCNC(=O)c2nc(ccc2-c2cccc(F)c2Cl)Nc2cc([nH]n2)[C@H]2CC[C@H](C2)O1. The third-order valence-corrected chi connectivity index (χ3v) is 6.60. The smallest absolute Gasteiger partial charge is 0.407 e. The summed E-state index contributed by atoms with van der Waals surface area (Å²) < 4.78 is 19.7. The monoisotopic (exact) mass is 498 g/mol. The van der Waals surface area contributed by atoms with Crippen molar-refractivity contribution in [1.29, 1.82) is 0 Å². The van der Waals surface area contributed by atoms with E-state index in [2.05, 4.69) is 31.1 Å². The number of alkyl carbamates (subject to hydrolysis) is 1. The van der Waals surface area contributed by atoms with Gasteiger partial charge < -0.3 is 20.7 Å². The molecule has 9 nitrogen and oxygen atoms in total. The Hall–Kier alpha value is -3.66. The zero-order chi connectivity index (χ0) is 24.4. The molecule has 4 N–H and O–H groups in total. The molecule has 35 heavy (non-hydrogen) atoms. The molecule has 5 rings (SSSR count). The summed E-state index contributed by atoms with van der Waals surface area (Å²) in [6, 6.07) is 9.66. The van der Waals surface area contributed by atoms with Gasteiger partial charge in [0.05, 0.1) is 5.02 Å². The van der Waals surface area contributed by atoms with Crippen LogP contribution in [0.5, 0.6) is 0 Å². The molecule has 2 amide bonds. The first kappa shape index (κ1) is 23.1. The van der Waals surface area contributed by atoms with Crippen molar-refractivity contribution in [3.05, 3.63) is 58.6 Å². The van der Waals surface area contributed by atoms with Crippen LogP contribution in [-0.4, -0.2) is 46.4 Å². The van der Waals surface area contributed by atoms with Gasteiger partial charge in [-0.2, -0.15) is 5.10 Å². The number of rotatable bonds is 1. The van der Waals surface area contributed by atoms with Gasteiger partial charge in [-0.3, -0.25) is 9.89 Å². The lowest BCUT2D eigenvalue weighted by Crippen LogP contribution is -2.32. The normalized spacial score (nSPS) is 20.6. The topological polar surface area (TPSA) is 121 Å². The minimum absolute atomic E-state index is 0.0883. The van der Waals surface area contributed by atoms with Gasteiger partial charge in [0.2, 0.25) is 0 Å². The predicted octanol–water partition coefficient (Wildman–Crippen LogP) is 4.50. The molecule has 1 saturated carbocycles. The average molecular weight is 499 g/mol. The van der Waals surface area contributed by atoms with Crippen molar-refractivity contribution < 1.29 is 18.7 Å².